The van der Waals surface area contributed by atoms with Crippen molar-refractivity contribution >= 4 is 17.5 Å². The number of likely N-dealkylation sites (tertiary alicyclic amines) is 1. The number of anilines is 1. The van der Waals surface area contributed by atoms with Gasteiger partial charge in [0.2, 0.25) is 0 Å². The molecule has 2 N–H and O–H groups in total. The van der Waals surface area contributed by atoms with E-state index in [1.807, 2.05) is 18.2 Å². The average molecular weight is 419 g/mol. The van der Waals surface area contributed by atoms with Crippen LogP contribution in [0.5, 0.6) is 0 Å². The lowest BCUT2D eigenvalue weighted by Gasteiger charge is -2.32. The Kier molecular flexibility index (Phi) is 7.10. The minimum absolute atomic E-state index is 0.136. The van der Waals surface area contributed by atoms with Crippen molar-refractivity contribution in [3.63, 3.8) is 0 Å². The molecule has 2 amide bonds. The summed E-state index contributed by atoms with van der Waals surface area (Å²) >= 11 is 0. The van der Waals surface area contributed by atoms with Crippen LogP contribution in [0.3, 0.4) is 0 Å². The van der Waals surface area contributed by atoms with E-state index >= 15 is 0 Å². The maximum absolute atomic E-state index is 12.6. The Bertz CT molecular complexity index is 846. The molecule has 0 aromatic heterocycles. The van der Waals surface area contributed by atoms with Crippen LogP contribution in [0, 0.1) is 5.92 Å². The van der Waals surface area contributed by atoms with E-state index in [1.54, 1.807) is 0 Å². The van der Waals surface area contributed by atoms with E-state index in [0.29, 0.717) is 12.5 Å². The molecule has 0 bridgehead atoms. The molecule has 0 atom stereocenters. The van der Waals surface area contributed by atoms with Crippen molar-refractivity contribution < 1.29 is 22.8 Å². The number of hydrogen-bond acceptors (Lipinski definition) is 3. The highest BCUT2D eigenvalue weighted by Crippen LogP contribution is 2.29. The lowest BCUT2D eigenvalue weighted by atomic mass is 9.96. The van der Waals surface area contributed by atoms with E-state index < -0.39 is 23.6 Å². The van der Waals surface area contributed by atoms with Gasteiger partial charge < -0.3 is 10.6 Å². The second kappa shape index (κ2) is 9.75. The standard InChI is InChI=1S/C22H24F3N3O2/c23-22(24,25)18-6-8-19(9-7-18)27-21(30)20(29)26-14-16-10-12-28(13-11-16)15-17-4-2-1-3-5-17/h1-9,16H,10-15H2,(H,26,29)(H,27,30). The number of carbonyl (C=O) groups is 2. The number of hydrogen-bond donors (Lipinski definition) is 2. The molecule has 5 nitrogen and oxygen atoms in total. The molecule has 1 saturated heterocycles. The third-order valence-corrected chi connectivity index (χ3v) is 5.18. The molecule has 30 heavy (non-hydrogen) atoms. The van der Waals surface area contributed by atoms with Crippen LogP contribution in [0.2, 0.25) is 0 Å². The van der Waals surface area contributed by atoms with E-state index in [-0.39, 0.29) is 5.69 Å². The highest BCUT2D eigenvalue weighted by Gasteiger charge is 2.30. The van der Waals surface area contributed by atoms with Crippen molar-refractivity contribution in [3.05, 3.63) is 65.7 Å². The Morgan fingerprint density at radius 2 is 1.57 bits per heavy atom. The molecule has 0 unspecified atom stereocenters. The first-order valence-electron chi connectivity index (χ1n) is 9.84. The van der Waals surface area contributed by atoms with Gasteiger partial charge >= 0.3 is 18.0 Å². The first kappa shape index (κ1) is 21.8. The van der Waals surface area contributed by atoms with Gasteiger partial charge in [0.1, 0.15) is 0 Å². The number of halogens is 3. The summed E-state index contributed by atoms with van der Waals surface area (Å²) < 4.78 is 37.7. The summed E-state index contributed by atoms with van der Waals surface area (Å²) in [5, 5.41) is 4.94. The SMILES string of the molecule is O=C(NCC1CCN(Cc2ccccc2)CC1)C(=O)Nc1ccc(C(F)(F)F)cc1. The molecule has 1 aliphatic heterocycles. The highest BCUT2D eigenvalue weighted by molar-refractivity contribution is 6.39. The zero-order valence-electron chi connectivity index (χ0n) is 16.4. The molecule has 0 spiro atoms. The number of nitrogens with zero attached hydrogens (tertiary/aromatic N) is 1. The first-order chi connectivity index (χ1) is 14.3. The van der Waals surface area contributed by atoms with Crippen LogP contribution >= 0.6 is 0 Å². The Morgan fingerprint density at radius 1 is 0.933 bits per heavy atom. The number of amides is 2. The van der Waals surface area contributed by atoms with E-state index in [9.17, 15) is 22.8 Å². The smallest absolute Gasteiger partial charge is 0.348 e. The summed E-state index contributed by atoms with van der Waals surface area (Å²) in [4.78, 5) is 26.3. The van der Waals surface area contributed by atoms with Gasteiger partial charge in [0.25, 0.3) is 0 Å². The summed E-state index contributed by atoms with van der Waals surface area (Å²) in [5.41, 5.74) is 0.588. The average Bonchev–Trinajstić information content (AvgIpc) is 2.73. The van der Waals surface area contributed by atoms with Crippen molar-refractivity contribution in [2.45, 2.75) is 25.6 Å². The van der Waals surface area contributed by atoms with Gasteiger partial charge in [0.15, 0.2) is 0 Å². The second-order valence-electron chi connectivity index (χ2n) is 7.44. The first-order valence-corrected chi connectivity index (χ1v) is 9.84. The number of alkyl halides is 3. The minimum Gasteiger partial charge on any atom is -0.348 e. The van der Waals surface area contributed by atoms with Gasteiger partial charge in [0.05, 0.1) is 5.56 Å². The number of piperidine rings is 1. The fourth-order valence-corrected chi connectivity index (χ4v) is 3.44. The van der Waals surface area contributed by atoms with Gasteiger partial charge in [0, 0.05) is 18.8 Å². The van der Waals surface area contributed by atoms with Crippen molar-refractivity contribution in [1.29, 1.82) is 0 Å². The van der Waals surface area contributed by atoms with Gasteiger partial charge in [-0.25, -0.2) is 0 Å². The number of carbonyl (C=O) groups excluding carboxylic acids is 2. The maximum atomic E-state index is 12.6. The summed E-state index contributed by atoms with van der Waals surface area (Å²) in [6, 6.07) is 14.2. The molecule has 1 heterocycles. The Hall–Kier alpha value is -2.87. The monoisotopic (exact) mass is 419 g/mol. The van der Waals surface area contributed by atoms with Crippen LogP contribution in [-0.2, 0) is 22.3 Å². The third kappa shape index (κ3) is 6.32. The lowest BCUT2D eigenvalue weighted by Crippen LogP contribution is -2.41. The number of nitrogens with one attached hydrogen (secondary N) is 2. The van der Waals surface area contributed by atoms with Crippen LogP contribution in [0.25, 0.3) is 0 Å². The van der Waals surface area contributed by atoms with Crippen LogP contribution < -0.4 is 10.6 Å². The Balaban J connectivity index is 1.38. The van der Waals surface area contributed by atoms with E-state index in [2.05, 4.69) is 27.7 Å². The summed E-state index contributed by atoms with van der Waals surface area (Å²) in [5.74, 6) is -1.39. The third-order valence-electron chi connectivity index (χ3n) is 5.18. The largest absolute Gasteiger partial charge is 0.416 e. The summed E-state index contributed by atoms with van der Waals surface area (Å²) in [6.45, 7) is 3.15. The van der Waals surface area contributed by atoms with Crippen LogP contribution in [0.15, 0.2) is 54.6 Å². The Morgan fingerprint density at radius 3 is 2.17 bits per heavy atom. The van der Waals surface area contributed by atoms with Gasteiger partial charge in [-0.15, -0.1) is 0 Å². The van der Waals surface area contributed by atoms with Crippen molar-refractivity contribution in [3.8, 4) is 0 Å². The predicted octanol–water partition coefficient (Wildman–Crippen LogP) is 3.67. The van der Waals surface area contributed by atoms with Crippen molar-refractivity contribution in [1.82, 2.24) is 10.2 Å². The molecule has 1 aliphatic rings. The van der Waals surface area contributed by atoms with Gasteiger partial charge in [-0.2, -0.15) is 13.2 Å². The minimum atomic E-state index is -4.45. The normalized spacial score (nSPS) is 15.6. The van der Waals surface area contributed by atoms with Crippen LogP contribution in [0.1, 0.15) is 24.0 Å². The fourth-order valence-electron chi connectivity index (χ4n) is 3.44. The molecule has 8 heteroatoms. The maximum Gasteiger partial charge on any atom is 0.416 e. The molecule has 2 aromatic rings. The highest BCUT2D eigenvalue weighted by atomic mass is 19.4. The molecule has 3 rings (SSSR count). The second-order valence-corrected chi connectivity index (χ2v) is 7.44. The molecule has 0 radical (unpaired) electrons. The van der Waals surface area contributed by atoms with Crippen LogP contribution in [-0.4, -0.2) is 36.3 Å². The molecule has 2 aromatic carbocycles. The van der Waals surface area contributed by atoms with Crippen molar-refractivity contribution in [2.75, 3.05) is 25.0 Å². The molecular weight excluding hydrogens is 395 g/mol. The molecule has 1 fully saturated rings. The van der Waals surface area contributed by atoms with Gasteiger partial charge in [-0.1, -0.05) is 30.3 Å². The molecule has 0 saturated carbocycles. The van der Waals surface area contributed by atoms with Crippen molar-refractivity contribution in [2.24, 2.45) is 5.92 Å². The Labute approximate surface area is 173 Å². The predicted molar refractivity (Wildman–Crippen MR) is 108 cm³/mol. The molecular formula is C22H24F3N3O2. The quantitative estimate of drug-likeness (QED) is 0.727. The van der Waals surface area contributed by atoms with E-state index in [4.69, 9.17) is 0 Å². The fraction of sp³-hybridized carbons (Fsp3) is 0.364. The van der Waals surface area contributed by atoms with Gasteiger partial charge in [-0.3, -0.25) is 14.5 Å². The lowest BCUT2D eigenvalue weighted by molar-refractivity contribution is -0.137. The molecule has 0 aliphatic carbocycles. The molecule has 160 valence electrons. The zero-order chi connectivity index (χ0) is 21.6. The number of rotatable bonds is 5. The van der Waals surface area contributed by atoms with E-state index in [0.717, 1.165) is 56.7 Å². The summed E-state index contributed by atoms with van der Waals surface area (Å²) in [7, 11) is 0. The summed E-state index contributed by atoms with van der Waals surface area (Å²) in [6.07, 6.45) is -2.60. The van der Waals surface area contributed by atoms with Crippen LogP contribution in [0.4, 0.5) is 18.9 Å². The zero-order valence-corrected chi connectivity index (χ0v) is 16.4. The van der Waals surface area contributed by atoms with Gasteiger partial charge in [-0.05, 0) is 61.7 Å². The number of benzene rings is 2. The topological polar surface area (TPSA) is 61.4 Å². The van der Waals surface area contributed by atoms with E-state index in [1.165, 1.54) is 5.56 Å².